The van der Waals surface area contributed by atoms with Crippen molar-refractivity contribution in [1.82, 2.24) is 14.8 Å². The number of nitrogens with zero attached hydrogens (tertiary/aromatic N) is 3. The van der Waals surface area contributed by atoms with E-state index in [9.17, 15) is 4.39 Å². The zero-order valence-electron chi connectivity index (χ0n) is 17.9. The second-order valence-electron chi connectivity index (χ2n) is 6.82. The minimum atomic E-state index is -0.242. The zero-order chi connectivity index (χ0) is 22.5. The van der Waals surface area contributed by atoms with E-state index in [-0.39, 0.29) is 5.82 Å². The molecular formula is C24H22FN3O3S. The highest BCUT2D eigenvalue weighted by Gasteiger charge is 2.18. The number of halogens is 1. The van der Waals surface area contributed by atoms with Crippen molar-refractivity contribution in [3.8, 4) is 34.3 Å². The summed E-state index contributed by atoms with van der Waals surface area (Å²) in [5, 5.41) is 9.49. The molecule has 0 N–H and O–H groups in total. The topological polar surface area (TPSA) is 58.4 Å². The van der Waals surface area contributed by atoms with Gasteiger partial charge in [-0.2, -0.15) is 0 Å². The quantitative estimate of drug-likeness (QED) is 0.335. The molecular weight excluding hydrogens is 429 g/mol. The maximum atomic E-state index is 14.1. The summed E-state index contributed by atoms with van der Waals surface area (Å²) in [5.74, 6) is 2.82. The molecule has 0 amide bonds. The Labute approximate surface area is 190 Å². The van der Waals surface area contributed by atoms with E-state index in [2.05, 4.69) is 10.2 Å². The Balaban J connectivity index is 1.79. The Morgan fingerprint density at radius 1 is 0.812 bits per heavy atom. The van der Waals surface area contributed by atoms with Gasteiger partial charge < -0.3 is 14.2 Å². The molecule has 0 spiro atoms. The smallest absolute Gasteiger partial charge is 0.196 e. The number of benzene rings is 3. The van der Waals surface area contributed by atoms with Crippen molar-refractivity contribution in [1.29, 1.82) is 0 Å². The molecule has 0 fully saturated rings. The third-order valence-electron chi connectivity index (χ3n) is 4.89. The first-order valence-electron chi connectivity index (χ1n) is 9.82. The highest BCUT2D eigenvalue weighted by atomic mass is 32.2. The maximum Gasteiger partial charge on any atom is 0.196 e. The number of hydrogen-bond donors (Lipinski definition) is 0. The molecule has 6 nitrogen and oxygen atoms in total. The lowest BCUT2D eigenvalue weighted by molar-refractivity contribution is 0.394. The first kappa shape index (κ1) is 21.7. The lowest BCUT2D eigenvalue weighted by Gasteiger charge is -2.13. The highest BCUT2D eigenvalue weighted by molar-refractivity contribution is 7.98. The van der Waals surface area contributed by atoms with Gasteiger partial charge in [-0.05, 0) is 48.0 Å². The van der Waals surface area contributed by atoms with Gasteiger partial charge in [0.05, 0.1) is 21.3 Å². The van der Waals surface area contributed by atoms with Crippen LogP contribution in [0, 0.1) is 5.82 Å². The summed E-state index contributed by atoms with van der Waals surface area (Å²) in [6.07, 6.45) is 0. The Kier molecular flexibility index (Phi) is 6.61. The van der Waals surface area contributed by atoms with Crippen LogP contribution in [0.25, 0.3) is 17.1 Å². The fourth-order valence-electron chi connectivity index (χ4n) is 3.21. The molecule has 164 valence electrons. The largest absolute Gasteiger partial charge is 0.497 e. The summed E-state index contributed by atoms with van der Waals surface area (Å²) in [6.45, 7) is 0. The molecule has 0 saturated heterocycles. The second-order valence-corrected chi connectivity index (χ2v) is 7.76. The van der Waals surface area contributed by atoms with Crippen LogP contribution in [0.1, 0.15) is 5.56 Å². The van der Waals surface area contributed by atoms with Crippen LogP contribution < -0.4 is 14.2 Å². The summed E-state index contributed by atoms with van der Waals surface area (Å²) in [7, 11) is 4.82. The molecule has 0 aliphatic rings. The van der Waals surface area contributed by atoms with Crippen LogP contribution in [0.5, 0.6) is 17.2 Å². The van der Waals surface area contributed by atoms with Crippen molar-refractivity contribution in [3.05, 3.63) is 78.1 Å². The summed E-state index contributed by atoms with van der Waals surface area (Å²) in [5.41, 5.74) is 2.23. The van der Waals surface area contributed by atoms with Gasteiger partial charge in [-0.15, -0.1) is 10.2 Å². The number of ether oxygens (including phenoxy) is 3. The summed E-state index contributed by atoms with van der Waals surface area (Å²) < 4.78 is 32.2. The SMILES string of the molecule is COc1ccc(-n2c(SCc3ccccc3F)nnc2-c2cc(OC)cc(OC)c2)cc1. The number of rotatable bonds is 8. The van der Waals surface area contributed by atoms with Gasteiger partial charge in [-0.3, -0.25) is 4.57 Å². The van der Waals surface area contributed by atoms with Crippen molar-refractivity contribution in [2.75, 3.05) is 21.3 Å². The average molecular weight is 452 g/mol. The molecule has 32 heavy (non-hydrogen) atoms. The summed E-state index contributed by atoms with van der Waals surface area (Å²) in [4.78, 5) is 0. The highest BCUT2D eigenvalue weighted by Crippen LogP contribution is 2.34. The molecule has 0 bridgehead atoms. The van der Waals surface area contributed by atoms with E-state index in [1.165, 1.54) is 17.8 Å². The zero-order valence-corrected chi connectivity index (χ0v) is 18.7. The molecule has 1 heterocycles. The van der Waals surface area contributed by atoms with E-state index in [1.807, 2.05) is 47.0 Å². The Bertz CT molecular complexity index is 1190. The molecule has 0 radical (unpaired) electrons. The van der Waals surface area contributed by atoms with Gasteiger partial charge in [0.1, 0.15) is 23.1 Å². The van der Waals surface area contributed by atoms with Crippen molar-refractivity contribution < 1.29 is 18.6 Å². The number of hydrogen-bond acceptors (Lipinski definition) is 6. The molecule has 1 aromatic heterocycles. The van der Waals surface area contributed by atoms with E-state index in [0.717, 1.165) is 17.0 Å². The number of aromatic nitrogens is 3. The predicted octanol–water partition coefficient (Wildman–Crippen LogP) is 5.39. The van der Waals surface area contributed by atoms with E-state index in [0.29, 0.717) is 33.8 Å². The van der Waals surface area contributed by atoms with Gasteiger partial charge in [0.15, 0.2) is 11.0 Å². The van der Waals surface area contributed by atoms with Gasteiger partial charge in [0.2, 0.25) is 0 Å². The van der Waals surface area contributed by atoms with Crippen molar-refractivity contribution in [2.45, 2.75) is 10.9 Å². The minimum absolute atomic E-state index is 0.242. The standard InChI is InChI=1S/C24H22FN3O3S/c1-29-19-10-8-18(9-11-19)28-23(17-12-20(30-2)14-21(13-17)31-3)26-27-24(28)32-15-16-6-4-5-7-22(16)25/h4-14H,15H2,1-3H3. The van der Waals surface area contributed by atoms with Crippen molar-refractivity contribution in [2.24, 2.45) is 0 Å². The fraction of sp³-hybridized carbons (Fsp3) is 0.167. The minimum Gasteiger partial charge on any atom is -0.497 e. The molecule has 4 rings (SSSR count). The number of thioether (sulfide) groups is 1. The third-order valence-corrected chi connectivity index (χ3v) is 5.87. The van der Waals surface area contributed by atoms with Gasteiger partial charge in [0, 0.05) is 23.1 Å². The Hall–Kier alpha value is -3.52. The second kappa shape index (κ2) is 9.74. The average Bonchev–Trinajstić information content (AvgIpc) is 3.27. The Morgan fingerprint density at radius 3 is 2.09 bits per heavy atom. The first-order valence-corrected chi connectivity index (χ1v) is 10.8. The lowest BCUT2D eigenvalue weighted by Crippen LogP contribution is -2.01. The Morgan fingerprint density at radius 2 is 1.47 bits per heavy atom. The molecule has 0 saturated carbocycles. The first-order chi connectivity index (χ1) is 15.6. The van der Waals surface area contributed by atoms with Crippen LogP contribution >= 0.6 is 11.8 Å². The predicted molar refractivity (Wildman–Crippen MR) is 122 cm³/mol. The maximum absolute atomic E-state index is 14.1. The molecule has 0 aliphatic heterocycles. The van der Waals surface area contributed by atoms with E-state index in [1.54, 1.807) is 39.5 Å². The van der Waals surface area contributed by atoms with Crippen LogP contribution in [0.15, 0.2) is 71.9 Å². The fourth-order valence-corrected chi connectivity index (χ4v) is 4.15. The van der Waals surface area contributed by atoms with Crippen LogP contribution in [-0.4, -0.2) is 36.1 Å². The van der Waals surface area contributed by atoms with Crippen molar-refractivity contribution >= 4 is 11.8 Å². The van der Waals surface area contributed by atoms with E-state index in [4.69, 9.17) is 14.2 Å². The van der Waals surface area contributed by atoms with Gasteiger partial charge in [-0.1, -0.05) is 30.0 Å². The van der Waals surface area contributed by atoms with Gasteiger partial charge >= 0.3 is 0 Å². The molecule has 4 aromatic rings. The molecule has 8 heteroatoms. The van der Waals surface area contributed by atoms with Crippen LogP contribution in [0.2, 0.25) is 0 Å². The van der Waals surface area contributed by atoms with E-state index < -0.39 is 0 Å². The van der Waals surface area contributed by atoms with E-state index >= 15 is 0 Å². The summed E-state index contributed by atoms with van der Waals surface area (Å²) in [6, 6.07) is 19.9. The number of methoxy groups -OCH3 is 3. The van der Waals surface area contributed by atoms with Crippen LogP contribution in [-0.2, 0) is 5.75 Å². The summed E-state index contributed by atoms with van der Waals surface area (Å²) >= 11 is 1.41. The molecule has 0 atom stereocenters. The monoisotopic (exact) mass is 451 g/mol. The van der Waals surface area contributed by atoms with Crippen molar-refractivity contribution in [3.63, 3.8) is 0 Å². The van der Waals surface area contributed by atoms with Crippen LogP contribution in [0.4, 0.5) is 4.39 Å². The van der Waals surface area contributed by atoms with Crippen LogP contribution in [0.3, 0.4) is 0 Å². The molecule has 0 aliphatic carbocycles. The van der Waals surface area contributed by atoms with Gasteiger partial charge in [0.25, 0.3) is 0 Å². The third kappa shape index (κ3) is 4.55. The normalized spacial score (nSPS) is 10.8. The van der Waals surface area contributed by atoms with Gasteiger partial charge in [-0.25, -0.2) is 4.39 Å². The molecule has 3 aromatic carbocycles. The molecule has 0 unspecified atom stereocenters. The lowest BCUT2D eigenvalue weighted by atomic mass is 10.1.